The number of aromatic nitrogens is 3. The first-order chi connectivity index (χ1) is 23.8. The summed E-state index contributed by atoms with van der Waals surface area (Å²) in [5.41, 5.74) is 10.4. The van der Waals surface area contributed by atoms with Crippen molar-refractivity contribution in [2.75, 3.05) is 0 Å². The second kappa shape index (κ2) is 10.5. The van der Waals surface area contributed by atoms with Crippen molar-refractivity contribution in [2.45, 2.75) is 0 Å². The largest absolute Gasteiger partial charge is 0.455 e. The zero-order valence-electron chi connectivity index (χ0n) is 25.8. The molecule has 3 heterocycles. The van der Waals surface area contributed by atoms with Crippen LogP contribution in [0.4, 0.5) is 0 Å². The molecule has 0 unspecified atom stereocenters. The van der Waals surface area contributed by atoms with Crippen LogP contribution in [0.25, 0.3) is 93.8 Å². The molecule has 0 atom stereocenters. The molecule has 7 aromatic carbocycles. The van der Waals surface area contributed by atoms with Crippen molar-refractivity contribution in [1.29, 1.82) is 0 Å². The molecule has 0 aliphatic carbocycles. The fourth-order valence-electron chi connectivity index (χ4n) is 7.24. The summed E-state index contributed by atoms with van der Waals surface area (Å²) in [4.78, 5) is 10.1. The van der Waals surface area contributed by atoms with Gasteiger partial charge >= 0.3 is 0 Å². The minimum Gasteiger partial charge on any atom is -0.455 e. The molecule has 0 aliphatic rings. The first-order valence-corrected chi connectivity index (χ1v) is 16.1. The molecular weight excluding hydrogens is 587 g/mol. The molecule has 10 rings (SSSR count). The number of rotatable bonds is 4. The Morgan fingerprint density at radius 1 is 0.458 bits per heavy atom. The highest BCUT2D eigenvalue weighted by molar-refractivity contribution is 6.26. The van der Waals surface area contributed by atoms with E-state index >= 15 is 0 Å². The Labute approximate surface area is 276 Å². The number of nitrogens with zero attached hydrogens (tertiary/aromatic N) is 3. The summed E-state index contributed by atoms with van der Waals surface area (Å²) in [5.74, 6) is 0.759. The van der Waals surface area contributed by atoms with Crippen molar-refractivity contribution in [1.82, 2.24) is 14.5 Å². The maximum Gasteiger partial charge on any atom is 0.156 e. The van der Waals surface area contributed by atoms with Crippen LogP contribution in [-0.4, -0.2) is 14.5 Å². The Morgan fingerprint density at radius 3 is 1.83 bits per heavy atom. The van der Waals surface area contributed by atoms with E-state index in [-0.39, 0.29) is 0 Å². The lowest BCUT2D eigenvalue weighted by molar-refractivity contribution is 0.673. The van der Waals surface area contributed by atoms with Crippen molar-refractivity contribution in [2.24, 2.45) is 0 Å². The molecule has 0 amide bonds. The summed E-state index contributed by atoms with van der Waals surface area (Å²) in [6, 6.07) is 53.2. The molecule has 0 N–H and O–H groups in total. The molecule has 0 saturated heterocycles. The van der Waals surface area contributed by atoms with Gasteiger partial charge in [0.2, 0.25) is 0 Å². The van der Waals surface area contributed by atoms with Crippen LogP contribution in [0, 0.1) is 0 Å². The van der Waals surface area contributed by atoms with Crippen LogP contribution >= 0.6 is 0 Å². The van der Waals surface area contributed by atoms with E-state index in [1.54, 1.807) is 0 Å². The minimum atomic E-state index is 0.759. The van der Waals surface area contributed by atoms with Crippen LogP contribution in [0.15, 0.2) is 168 Å². The molecule has 0 saturated carbocycles. The Kier molecular flexibility index (Phi) is 5.84. The van der Waals surface area contributed by atoms with Crippen molar-refractivity contribution >= 4 is 54.5 Å². The lowest BCUT2D eigenvalue weighted by atomic mass is 9.95. The third kappa shape index (κ3) is 4.10. The summed E-state index contributed by atoms with van der Waals surface area (Å²) >= 11 is 0. The average Bonchev–Trinajstić information content (AvgIpc) is 3.72. The van der Waals surface area contributed by atoms with Crippen LogP contribution < -0.4 is 0 Å². The quantitative estimate of drug-likeness (QED) is 0.198. The minimum absolute atomic E-state index is 0.759. The molecule has 224 valence electrons. The van der Waals surface area contributed by atoms with Crippen molar-refractivity contribution in [3.05, 3.63) is 164 Å². The second-order valence-electron chi connectivity index (χ2n) is 12.2. The van der Waals surface area contributed by atoms with Gasteiger partial charge in [-0.3, -0.25) is 9.55 Å². The van der Waals surface area contributed by atoms with Gasteiger partial charge in [-0.25, -0.2) is 4.98 Å². The molecule has 10 aromatic rings. The van der Waals surface area contributed by atoms with Crippen LogP contribution in [0.2, 0.25) is 0 Å². The molecule has 4 heteroatoms. The van der Waals surface area contributed by atoms with Gasteiger partial charge in [-0.15, -0.1) is 0 Å². The molecule has 0 spiro atoms. The van der Waals surface area contributed by atoms with Gasteiger partial charge in [-0.2, -0.15) is 0 Å². The Morgan fingerprint density at radius 2 is 1.10 bits per heavy atom. The monoisotopic (exact) mass is 613 g/mol. The highest BCUT2D eigenvalue weighted by Gasteiger charge is 2.20. The summed E-state index contributed by atoms with van der Waals surface area (Å²) in [5, 5.41) is 6.77. The van der Waals surface area contributed by atoms with Gasteiger partial charge in [0.1, 0.15) is 11.2 Å². The van der Waals surface area contributed by atoms with E-state index in [1.165, 1.54) is 5.39 Å². The lowest BCUT2D eigenvalue weighted by Gasteiger charge is -2.12. The normalized spacial score (nSPS) is 11.8. The molecule has 3 aromatic heterocycles. The third-order valence-corrected chi connectivity index (χ3v) is 9.47. The second-order valence-corrected chi connectivity index (χ2v) is 12.2. The number of fused-ring (bicyclic) bond motifs is 9. The Hall–Kier alpha value is -6.52. The SMILES string of the molecule is c1ccc(-c2cc(-c3ccccc3)cc(-c3cnc(-n4c5ccccc5c5ccc6oc7c8ccccc8ccc7c6c54)cn3)c2)cc1. The highest BCUT2D eigenvalue weighted by Crippen LogP contribution is 2.42. The summed E-state index contributed by atoms with van der Waals surface area (Å²) in [6.45, 7) is 0. The smallest absolute Gasteiger partial charge is 0.156 e. The summed E-state index contributed by atoms with van der Waals surface area (Å²) < 4.78 is 8.82. The Bertz CT molecular complexity index is 2760. The van der Waals surface area contributed by atoms with Gasteiger partial charge < -0.3 is 4.42 Å². The predicted octanol–water partition coefficient (Wildman–Crippen LogP) is 11.6. The van der Waals surface area contributed by atoms with Crippen LogP contribution in [0.1, 0.15) is 0 Å². The van der Waals surface area contributed by atoms with Crippen LogP contribution in [-0.2, 0) is 0 Å². The lowest BCUT2D eigenvalue weighted by Crippen LogP contribution is -1.99. The number of furan rings is 1. The van der Waals surface area contributed by atoms with E-state index in [2.05, 4.69) is 144 Å². The van der Waals surface area contributed by atoms with Crippen LogP contribution in [0.3, 0.4) is 0 Å². The van der Waals surface area contributed by atoms with E-state index in [1.807, 2.05) is 24.5 Å². The fraction of sp³-hybridized carbons (Fsp3) is 0. The van der Waals surface area contributed by atoms with E-state index in [0.29, 0.717) is 0 Å². The topological polar surface area (TPSA) is 43.9 Å². The van der Waals surface area contributed by atoms with Crippen molar-refractivity contribution in [3.63, 3.8) is 0 Å². The maximum atomic E-state index is 6.58. The fourth-order valence-corrected chi connectivity index (χ4v) is 7.24. The standard InChI is InChI=1S/C44H27N3O/c1-3-11-28(12-4-1)31-23-32(29-13-5-2-6-14-29)25-33(24-31)38-26-46-41(27-45-38)47-39-18-10-9-17-35(39)36-21-22-40-42(43(36)47)37-20-19-30-15-7-8-16-34(30)44(37)48-40/h1-27H. The molecule has 0 fully saturated rings. The number of hydrogen-bond acceptors (Lipinski definition) is 3. The van der Waals surface area contributed by atoms with Gasteiger partial charge in [0.25, 0.3) is 0 Å². The van der Waals surface area contributed by atoms with Gasteiger partial charge in [0, 0.05) is 27.1 Å². The van der Waals surface area contributed by atoms with Gasteiger partial charge in [-0.1, -0.05) is 109 Å². The van der Waals surface area contributed by atoms with E-state index < -0.39 is 0 Å². The highest BCUT2D eigenvalue weighted by atomic mass is 16.3. The Balaban J connectivity index is 1.18. The van der Waals surface area contributed by atoms with E-state index in [9.17, 15) is 0 Å². The zero-order chi connectivity index (χ0) is 31.6. The molecule has 0 bridgehead atoms. The molecule has 0 aliphatic heterocycles. The first-order valence-electron chi connectivity index (χ1n) is 16.1. The maximum absolute atomic E-state index is 6.58. The van der Waals surface area contributed by atoms with E-state index in [4.69, 9.17) is 14.4 Å². The molecular formula is C44H27N3O. The van der Waals surface area contributed by atoms with Crippen LogP contribution in [0.5, 0.6) is 0 Å². The number of benzene rings is 7. The van der Waals surface area contributed by atoms with Gasteiger partial charge in [0.15, 0.2) is 5.82 Å². The van der Waals surface area contributed by atoms with Crippen molar-refractivity contribution < 1.29 is 4.42 Å². The van der Waals surface area contributed by atoms with Gasteiger partial charge in [0.05, 0.1) is 34.5 Å². The average molecular weight is 614 g/mol. The van der Waals surface area contributed by atoms with Crippen molar-refractivity contribution in [3.8, 4) is 39.3 Å². The predicted molar refractivity (Wildman–Crippen MR) is 197 cm³/mol. The third-order valence-electron chi connectivity index (χ3n) is 9.47. The zero-order valence-corrected chi connectivity index (χ0v) is 25.8. The van der Waals surface area contributed by atoms with Gasteiger partial charge in [-0.05, 0) is 70.1 Å². The molecule has 4 nitrogen and oxygen atoms in total. The molecule has 48 heavy (non-hydrogen) atoms. The number of hydrogen-bond donors (Lipinski definition) is 0. The summed E-state index contributed by atoms with van der Waals surface area (Å²) in [7, 11) is 0. The first kappa shape index (κ1) is 26.7. The molecule has 0 radical (unpaired) electrons. The number of para-hydroxylation sites is 1. The van der Waals surface area contributed by atoms with E-state index in [0.717, 1.165) is 88.5 Å². The summed E-state index contributed by atoms with van der Waals surface area (Å²) in [6.07, 6.45) is 3.80.